The lowest BCUT2D eigenvalue weighted by atomic mass is 10.0. The van der Waals surface area contributed by atoms with Gasteiger partial charge in [0.1, 0.15) is 11.9 Å². The van der Waals surface area contributed by atoms with E-state index in [1.807, 2.05) is 19.1 Å². The van der Waals surface area contributed by atoms with Gasteiger partial charge in [-0.1, -0.05) is 29.3 Å². The van der Waals surface area contributed by atoms with Gasteiger partial charge >= 0.3 is 0 Å². The average molecular weight is 380 g/mol. The molecule has 1 aromatic carbocycles. The van der Waals surface area contributed by atoms with Crippen molar-refractivity contribution < 1.29 is 9.53 Å². The van der Waals surface area contributed by atoms with Gasteiger partial charge in [0.25, 0.3) is 0 Å². The second kappa shape index (κ2) is 8.15. The second-order valence-corrected chi connectivity index (χ2v) is 6.77. The fraction of sp³-hybridized carbons (Fsp3) is 0.333. The van der Waals surface area contributed by atoms with E-state index in [-0.39, 0.29) is 5.91 Å². The topological polar surface area (TPSA) is 54.5 Å². The number of nitrogens with zero attached hydrogens (tertiary/aromatic N) is 2. The summed E-state index contributed by atoms with van der Waals surface area (Å²) in [6, 6.07) is 8.38. The Morgan fingerprint density at radius 2 is 2.00 bits per heavy atom. The number of benzene rings is 1. The predicted molar refractivity (Wildman–Crippen MR) is 99.2 cm³/mol. The van der Waals surface area contributed by atoms with Gasteiger partial charge in [-0.15, -0.1) is 0 Å². The number of amides is 1. The van der Waals surface area contributed by atoms with Crippen molar-refractivity contribution in [1.82, 2.24) is 9.88 Å². The van der Waals surface area contributed by atoms with Crippen LogP contribution in [0.3, 0.4) is 0 Å². The van der Waals surface area contributed by atoms with Crippen LogP contribution >= 0.6 is 23.2 Å². The Balaban J connectivity index is 1.91. The summed E-state index contributed by atoms with van der Waals surface area (Å²) in [4.78, 5) is 19.3. The first-order valence-electron chi connectivity index (χ1n) is 8.05. The molecule has 0 saturated carbocycles. The number of pyridine rings is 1. The van der Waals surface area contributed by atoms with Crippen LogP contribution in [0.5, 0.6) is 0 Å². The number of anilines is 1. The Kier molecular flexibility index (Phi) is 5.91. The third-order valence-electron chi connectivity index (χ3n) is 4.08. The van der Waals surface area contributed by atoms with Crippen molar-refractivity contribution in [2.75, 3.05) is 31.6 Å². The van der Waals surface area contributed by atoms with E-state index in [0.29, 0.717) is 42.2 Å². The molecule has 1 aliphatic heterocycles. The van der Waals surface area contributed by atoms with E-state index >= 15 is 0 Å². The average Bonchev–Trinajstić information content (AvgIpc) is 2.58. The molecule has 1 N–H and O–H groups in total. The first kappa shape index (κ1) is 18.1. The van der Waals surface area contributed by atoms with Gasteiger partial charge in [-0.25, -0.2) is 4.98 Å². The summed E-state index contributed by atoms with van der Waals surface area (Å²) >= 11 is 12.4. The van der Waals surface area contributed by atoms with Crippen LogP contribution in [-0.2, 0) is 9.53 Å². The molecule has 1 amide bonds. The Hall–Kier alpha value is -1.66. The van der Waals surface area contributed by atoms with Gasteiger partial charge in [0, 0.05) is 29.3 Å². The van der Waals surface area contributed by atoms with E-state index in [0.717, 1.165) is 11.1 Å². The van der Waals surface area contributed by atoms with Gasteiger partial charge in [0.15, 0.2) is 0 Å². The first-order valence-corrected chi connectivity index (χ1v) is 8.80. The molecule has 0 aliphatic carbocycles. The molecule has 1 saturated heterocycles. The number of nitrogens with one attached hydrogen (secondary N) is 1. The number of halogens is 2. The van der Waals surface area contributed by atoms with Crippen LogP contribution < -0.4 is 5.32 Å². The number of aromatic nitrogens is 1. The zero-order valence-corrected chi connectivity index (χ0v) is 15.3. The number of morpholine rings is 1. The van der Waals surface area contributed by atoms with Crippen LogP contribution in [0.15, 0.2) is 36.5 Å². The molecule has 0 spiro atoms. The number of aryl methyl sites for hydroxylation is 1. The fourth-order valence-corrected chi connectivity index (χ4v) is 3.37. The third-order valence-corrected chi connectivity index (χ3v) is 4.65. The summed E-state index contributed by atoms with van der Waals surface area (Å²) in [5.74, 6) is 0.345. The van der Waals surface area contributed by atoms with Crippen LogP contribution in [0, 0.1) is 6.92 Å². The minimum absolute atomic E-state index is 0.177. The van der Waals surface area contributed by atoms with Crippen molar-refractivity contribution in [2.24, 2.45) is 0 Å². The van der Waals surface area contributed by atoms with Crippen molar-refractivity contribution in [3.05, 3.63) is 57.7 Å². The monoisotopic (exact) mass is 379 g/mol. The third kappa shape index (κ3) is 4.50. The lowest BCUT2D eigenvalue weighted by Gasteiger charge is -2.34. The van der Waals surface area contributed by atoms with Crippen LogP contribution in [-0.4, -0.2) is 42.1 Å². The molecule has 0 bridgehead atoms. The van der Waals surface area contributed by atoms with Crippen molar-refractivity contribution >= 4 is 34.9 Å². The van der Waals surface area contributed by atoms with Crippen molar-refractivity contribution in [2.45, 2.75) is 13.0 Å². The number of carbonyl (C=O) groups is 1. The smallest absolute Gasteiger partial charge is 0.247 e. The zero-order valence-electron chi connectivity index (χ0n) is 13.8. The standard InChI is InChI=1S/C18H19Cl2N3O2/c1-12-4-5-21-16(10-12)22-18(24)17(23-6-8-25-9-7-23)14-3-2-13(19)11-15(14)20/h2-5,10-11,17H,6-9H2,1H3,(H,21,22,24)/t17-/m1/s1. The predicted octanol–water partition coefficient (Wildman–Crippen LogP) is 3.71. The highest BCUT2D eigenvalue weighted by Crippen LogP contribution is 2.31. The Labute approximate surface area is 156 Å². The zero-order chi connectivity index (χ0) is 17.8. The summed E-state index contributed by atoms with van der Waals surface area (Å²) in [5.41, 5.74) is 1.75. The Morgan fingerprint density at radius 1 is 1.24 bits per heavy atom. The number of carbonyl (C=O) groups excluding carboxylic acids is 1. The molecule has 1 fully saturated rings. The van der Waals surface area contributed by atoms with Crippen LogP contribution in [0.25, 0.3) is 0 Å². The van der Waals surface area contributed by atoms with E-state index in [9.17, 15) is 4.79 Å². The van der Waals surface area contributed by atoms with Crippen molar-refractivity contribution in [1.29, 1.82) is 0 Å². The molecular weight excluding hydrogens is 361 g/mol. The van der Waals surface area contributed by atoms with Crippen LogP contribution in [0.1, 0.15) is 17.2 Å². The quantitative estimate of drug-likeness (QED) is 0.879. The molecule has 0 unspecified atom stereocenters. The normalized spacial score (nSPS) is 16.4. The van der Waals surface area contributed by atoms with Gasteiger partial charge in [-0.3, -0.25) is 9.69 Å². The molecular formula is C18H19Cl2N3O2. The Morgan fingerprint density at radius 3 is 2.68 bits per heavy atom. The van der Waals surface area contributed by atoms with Gasteiger partial charge in [-0.05, 0) is 42.3 Å². The maximum absolute atomic E-state index is 13.0. The molecule has 5 nitrogen and oxygen atoms in total. The van der Waals surface area contributed by atoms with E-state index in [4.69, 9.17) is 27.9 Å². The SMILES string of the molecule is Cc1ccnc(NC(=O)[C@@H](c2ccc(Cl)cc2Cl)N2CCOCC2)c1. The minimum atomic E-state index is -0.532. The molecule has 0 radical (unpaired) electrons. The highest BCUT2D eigenvalue weighted by atomic mass is 35.5. The van der Waals surface area contributed by atoms with Crippen molar-refractivity contribution in [3.63, 3.8) is 0 Å². The van der Waals surface area contributed by atoms with Crippen molar-refractivity contribution in [3.8, 4) is 0 Å². The minimum Gasteiger partial charge on any atom is -0.379 e. The van der Waals surface area contributed by atoms with E-state index in [2.05, 4.69) is 15.2 Å². The molecule has 132 valence electrons. The molecule has 7 heteroatoms. The summed E-state index contributed by atoms with van der Waals surface area (Å²) in [6.07, 6.45) is 1.67. The number of rotatable bonds is 4. The molecule has 1 aromatic heterocycles. The highest BCUT2D eigenvalue weighted by molar-refractivity contribution is 6.35. The number of hydrogen-bond donors (Lipinski definition) is 1. The molecule has 1 aliphatic rings. The van der Waals surface area contributed by atoms with E-state index < -0.39 is 6.04 Å². The maximum Gasteiger partial charge on any atom is 0.247 e. The Bertz CT molecular complexity index is 764. The van der Waals surface area contributed by atoms with Gasteiger partial charge in [-0.2, -0.15) is 0 Å². The van der Waals surface area contributed by atoms with Crippen LogP contribution in [0.4, 0.5) is 5.82 Å². The van der Waals surface area contributed by atoms with Gasteiger partial charge in [0.05, 0.1) is 13.2 Å². The molecule has 1 atom stereocenters. The highest BCUT2D eigenvalue weighted by Gasteiger charge is 2.31. The fourth-order valence-electron chi connectivity index (χ4n) is 2.86. The molecule has 2 heterocycles. The maximum atomic E-state index is 13.0. The van der Waals surface area contributed by atoms with Crippen LogP contribution in [0.2, 0.25) is 10.0 Å². The molecule has 3 rings (SSSR count). The van der Waals surface area contributed by atoms with E-state index in [1.54, 1.807) is 24.4 Å². The summed E-state index contributed by atoms with van der Waals surface area (Å²) in [7, 11) is 0. The summed E-state index contributed by atoms with van der Waals surface area (Å²) in [5, 5.41) is 3.90. The lowest BCUT2D eigenvalue weighted by Crippen LogP contribution is -2.44. The van der Waals surface area contributed by atoms with Gasteiger partial charge in [0.2, 0.25) is 5.91 Å². The summed E-state index contributed by atoms with van der Waals surface area (Å²) < 4.78 is 5.41. The number of ether oxygens (including phenoxy) is 1. The largest absolute Gasteiger partial charge is 0.379 e. The molecule has 25 heavy (non-hydrogen) atoms. The van der Waals surface area contributed by atoms with Gasteiger partial charge < -0.3 is 10.1 Å². The number of hydrogen-bond acceptors (Lipinski definition) is 4. The first-order chi connectivity index (χ1) is 12.0. The molecule has 2 aromatic rings. The summed E-state index contributed by atoms with van der Waals surface area (Å²) in [6.45, 7) is 4.42. The lowest BCUT2D eigenvalue weighted by molar-refractivity contribution is -0.123. The second-order valence-electron chi connectivity index (χ2n) is 5.92. The van der Waals surface area contributed by atoms with E-state index in [1.165, 1.54) is 0 Å².